The topological polar surface area (TPSA) is 29.5 Å². The molecule has 12 rings (SSSR count). The molecule has 11 aromatic rings. The van der Waals surface area contributed by atoms with Crippen LogP contribution in [0.25, 0.3) is 88.4 Å². The van der Waals surface area contributed by atoms with Crippen LogP contribution in [0.1, 0.15) is 25.0 Å². The molecule has 0 unspecified atom stereocenters. The maximum Gasteiger partial charge on any atom is 0.144 e. The Kier molecular flexibility index (Phi) is 7.58. The molecular formula is C57H39NO2. The Bertz CT molecular complexity index is 3390. The summed E-state index contributed by atoms with van der Waals surface area (Å²) in [5.41, 5.74) is 18.6. The normalized spacial score (nSPS) is 13.0. The molecule has 0 atom stereocenters. The van der Waals surface area contributed by atoms with E-state index in [9.17, 15) is 0 Å². The standard InChI is InChI=1S/C57H39NO2/c1-57(2)47-25-14-23-43(37-28-31-41(32-29-37)58(39-18-8-4-9-19-39)40-20-10-5-11-21-40)54(47)55-48(57)35-45(53-44-22-12-13-26-49(44)60-56(53)55)38-30-33-50-46(34-38)52-42(24-15-27-51(52)59-50)36-16-6-3-7-17-36/h3-35H,1-2H3. The average Bonchev–Trinajstić information content (AvgIpc) is 3.95. The molecule has 284 valence electrons. The van der Waals surface area contributed by atoms with E-state index in [1.54, 1.807) is 0 Å². The molecule has 2 aromatic heterocycles. The number of para-hydroxylation sites is 3. The summed E-state index contributed by atoms with van der Waals surface area (Å²) < 4.78 is 13.5. The van der Waals surface area contributed by atoms with Crippen LogP contribution >= 0.6 is 0 Å². The maximum atomic E-state index is 7.04. The fourth-order valence-electron chi connectivity index (χ4n) is 9.84. The average molecular weight is 770 g/mol. The Morgan fingerprint density at radius 1 is 0.367 bits per heavy atom. The first-order valence-corrected chi connectivity index (χ1v) is 20.7. The summed E-state index contributed by atoms with van der Waals surface area (Å²) >= 11 is 0. The van der Waals surface area contributed by atoms with Gasteiger partial charge in [-0.05, 0) is 117 Å². The molecule has 0 bridgehead atoms. The van der Waals surface area contributed by atoms with Crippen LogP contribution in [0.15, 0.2) is 209 Å². The number of furan rings is 2. The molecule has 2 heterocycles. The van der Waals surface area contributed by atoms with Crippen molar-refractivity contribution in [3.05, 3.63) is 211 Å². The van der Waals surface area contributed by atoms with E-state index >= 15 is 0 Å². The second kappa shape index (κ2) is 13.2. The van der Waals surface area contributed by atoms with E-state index in [0.717, 1.165) is 72.1 Å². The summed E-state index contributed by atoms with van der Waals surface area (Å²) in [7, 11) is 0. The minimum absolute atomic E-state index is 0.285. The molecule has 3 heteroatoms. The van der Waals surface area contributed by atoms with Crippen molar-refractivity contribution >= 4 is 60.9 Å². The van der Waals surface area contributed by atoms with Crippen LogP contribution in [0.3, 0.4) is 0 Å². The fraction of sp³-hybridized carbons (Fsp3) is 0.0526. The van der Waals surface area contributed by atoms with Crippen molar-refractivity contribution in [2.45, 2.75) is 19.3 Å². The Hall–Kier alpha value is -7.62. The van der Waals surface area contributed by atoms with Crippen molar-refractivity contribution in [1.82, 2.24) is 0 Å². The second-order valence-corrected chi connectivity index (χ2v) is 16.4. The van der Waals surface area contributed by atoms with Gasteiger partial charge in [0.15, 0.2) is 0 Å². The van der Waals surface area contributed by atoms with Crippen molar-refractivity contribution in [2.24, 2.45) is 0 Å². The maximum absolute atomic E-state index is 7.04. The van der Waals surface area contributed by atoms with Gasteiger partial charge in [0.05, 0.1) is 0 Å². The SMILES string of the molecule is CC1(C)c2cccc(-c3ccc(N(c4ccccc4)c4ccccc4)cc3)c2-c2c1cc(-c1ccc3oc4cccc(-c5ccccc5)c4c3c1)c1c2oc2ccccc21. The molecule has 1 aliphatic rings. The minimum Gasteiger partial charge on any atom is -0.456 e. The van der Waals surface area contributed by atoms with E-state index in [-0.39, 0.29) is 5.41 Å². The van der Waals surface area contributed by atoms with Gasteiger partial charge in [0.25, 0.3) is 0 Å². The molecule has 3 nitrogen and oxygen atoms in total. The van der Waals surface area contributed by atoms with Crippen LogP contribution in [0, 0.1) is 0 Å². The summed E-state index contributed by atoms with van der Waals surface area (Å²) in [6.07, 6.45) is 0. The molecule has 0 saturated carbocycles. The fourth-order valence-corrected chi connectivity index (χ4v) is 9.84. The number of fused-ring (bicyclic) bond motifs is 10. The van der Waals surface area contributed by atoms with E-state index in [1.165, 1.54) is 44.5 Å². The number of rotatable bonds is 6. The molecule has 60 heavy (non-hydrogen) atoms. The van der Waals surface area contributed by atoms with Crippen molar-refractivity contribution < 1.29 is 8.83 Å². The van der Waals surface area contributed by atoms with Crippen molar-refractivity contribution in [3.8, 4) is 44.5 Å². The molecule has 0 aliphatic heterocycles. The Balaban J connectivity index is 1.06. The van der Waals surface area contributed by atoms with Gasteiger partial charge in [0.1, 0.15) is 22.3 Å². The number of hydrogen-bond donors (Lipinski definition) is 0. The van der Waals surface area contributed by atoms with E-state index in [0.29, 0.717) is 0 Å². The molecule has 1 aliphatic carbocycles. The van der Waals surface area contributed by atoms with E-state index in [2.05, 4.69) is 219 Å². The van der Waals surface area contributed by atoms with Crippen LogP contribution in [0.4, 0.5) is 17.1 Å². The molecule has 0 saturated heterocycles. The Morgan fingerprint density at radius 3 is 1.70 bits per heavy atom. The first-order chi connectivity index (χ1) is 29.5. The Morgan fingerprint density at radius 2 is 0.950 bits per heavy atom. The number of hydrogen-bond acceptors (Lipinski definition) is 3. The summed E-state index contributed by atoms with van der Waals surface area (Å²) in [6.45, 7) is 4.72. The largest absolute Gasteiger partial charge is 0.456 e. The second-order valence-electron chi connectivity index (χ2n) is 16.4. The molecule has 0 spiro atoms. The van der Waals surface area contributed by atoms with Gasteiger partial charge >= 0.3 is 0 Å². The van der Waals surface area contributed by atoms with Crippen LogP contribution in [-0.2, 0) is 5.41 Å². The molecule has 0 fully saturated rings. The van der Waals surface area contributed by atoms with E-state index in [1.807, 2.05) is 0 Å². The summed E-state index contributed by atoms with van der Waals surface area (Å²) in [6, 6.07) is 71.5. The lowest BCUT2D eigenvalue weighted by Gasteiger charge is -2.25. The van der Waals surface area contributed by atoms with Crippen molar-refractivity contribution in [3.63, 3.8) is 0 Å². The van der Waals surface area contributed by atoms with Gasteiger partial charge < -0.3 is 13.7 Å². The third-order valence-corrected chi connectivity index (χ3v) is 12.7. The van der Waals surface area contributed by atoms with E-state index in [4.69, 9.17) is 8.83 Å². The molecular weight excluding hydrogens is 731 g/mol. The smallest absolute Gasteiger partial charge is 0.144 e. The lowest BCUT2D eigenvalue weighted by molar-refractivity contribution is 0.653. The van der Waals surface area contributed by atoms with Crippen LogP contribution in [0.2, 0.25) is 0 Å². The molecule has 9 aromatic carbocycles. The number of benzene rings is 9. The number of nitrogens with zero attached hydrogens (tertiary/aromatic N) is 1. The van der Waals surface area contributed by atoms with Crippen molar-refractivity contribution in [2.75, 3.05) is 4.90 Å². The predicted molar refractivity (Wildman–Crippen MR) is 250 cm³/mol. The molecule has 0 radical (unpaired) electrons. The third kappa shape index (κ3) is 5.15. The highest BCUT2D eigenvalue weighted by Crippen LogP contribution is 2.57. The van der Waals surface area contributed by atoms with Crippen LogP contribution in [-0.4, -0.2) is 0 Å². The van der Waals surface area contributed by atoms with Gasteiger partial charge in [-0.2, -0.15) is 0 Å². The minimum atomic E-state index is -0.285. The lowest BCUT2D eigenvalue weighted by atomic mass is 9.80. The van der Waals surface area contributed by atoms with E-state index < -0.39 is 0 Å². The van der Waals surface area contributed by atoms with Crippen LogP contribution in [0.5, 0.6) is 0 Å². The van der Waals surface area contributed by atoms with Gasteiger partial charge in [0, 0.05) is 49.6 Å². The van der Waals surface area contributed by atoms with Gasteiger partial charge in [-0.15, -0.1) is 0 Å². The molecule has 0 N–H and O–H groups in total. The highest BCUT2D eigenvalue weighted by molar-refractivity contribution is 6.20. The zero-order valence-electron chi connectivity index (χ0n) is 33.3. The summed E-state index contributed by atoms with van der Waals surface area (Å²) in [5.74, 6) is 0. The van der Waals surface area contributed by atoms with Gasteiger partial charge in [-0.1, -0.05) is 147 Å². The zero-order chi connectivity index (χ0) is 40.0. The lowest BCUT2D eigenvalue weighted by Crippen LogP contribution is -2.15. The number of anilines is 3. The quantitative estimate of drug-likeness (QED) is 0.169. The first kappa shape index (κ1) is 34.4. The summed E-state index contributed by atoms with van der Waals surface area (Å²) in [4.78, 5) is 2.31. The highest BCUT2D eigenvalue weighted by atomic mass is 16.3. The van der Waals surface area contributed by atoms with Gasteiger partial charge in [0.2, 0.25) is 0 Å². The highest BCUT2D eigenvalue weighted by Gasteiger charge is 2.40. The van der Waals surface area contributed by atoms with Gasteiger partial charge in [-0.25, -0.2) is 0 Å². The van der Waals surface area contributed by atoms with Crippen LogP contribution < -0.4 is 4.90 Å². The van der Waals surface area contributed by atoms with Crippen molar-refractivity contribution in [1.29, 1.82) is 0 Å². The monoisotopic (exact) mass is 769 g/mol. The van der Waals surface area contributed by atoms with Gasteiger partial charge in [-0.3, -0.25) is 0 Å². The zero-order valence-corrected chi connectivity index (χ0v) is 33.3. The Labute approximate surface area is 348 Å². The third-order valence-electron chi connectivity index (χ3n) is 12.7. The summed E-state index contributed by atoms with van der Waals surface area (Å²) in [5, 5.41) is 4.49. The first-order valence-electron chi connectivity index (χ1n) is 20.7. The molecule has 0 amide bonds. The predicted octanol–water partition coefficient (Wildman–Crippen LogP) is 16.3.